The highest BCUT2D eigenvalue weighted by molar-refractivity contribution is 9.10. The van der Waals surface area contributed by atoms with E-state index in [1.807, 2.05) is 0 Å². The maximum absolute atomic E-state index is 13.3. The fraction of sp³-hybridized carbons (Fsp3) is 0. The monoisotopic (exact) mass is 282 g/mol. The first-order chi connectivity index (χ1) is 7.66. The van der Waals surface area contributed by atoms with Gasteiger partial charge in [-0.1, -0.05) is 0 Å². The van der Waals surface area contributed by atoms with Gasteiger partial charge in [-0.05, 0) is 34.1 Å². The number of benzene rings is 1. The minimum Gasteiger partial charge on any atom is -0.453 e. The fourth-order valence-electron chi connectivity index (χ4n) is 1.17. The Kier molecular flexibility index (Phi) is 3.05. The largest absolute Gasteiger partial charge is 0.453 e. The number of anilines is 1. The smallest absolute Gasteiger partial charge is 0.153 e. The summed E-state index contributed by atoms with van der Waals surface area (Å²) in [6, 6.07) is 6.13. The molecule has 0 unspecified atom stereocenters. The van der Waals surface area contributed by atoms with Gasteiger partial charge < -0.3 is 10.5 Å². The zero-order chi connectivity index (χ0) is 11.5. The minimum absolute atomic E-state index is 0.272. The summed E-state index contributed by atoms with van der Waals surface area (Å²) in [5.74, 6) is 0.359. The number of halogens is 2. The predicted molar refractivity (Wildman–Crippen MR) is 62.8 cm³/mol. The molecule has 2 N–H and O–H groups in total. The molecule has 1 aromatic heterocycles. The molecular weight excluding hydrogens is 275 g/mol. The summed E-state index contributed by atoms with van der Waals surface area (Å²) in [6.45, 7) is 0. The number of nitrogens with two attached hydrogens (primary N) is 1. The molecule has 5 heteroatoms. The molecule has 2 rings (SSSR count). The number of pyridine rings is 1. The van der Waals surface area contributed by atoms with Gasteiger partial charge in [0.25, 0.3) is 0 Å². The van der Waals surface area contributed by atoms with Crippen LogP contribution in [-0.2, 0) is 0 Å². The van der Waals surface area contributed by atoms with Crippen molar-refractivity contribution in [3.63, 3.8) is 0 Å². The summed E-state index contributed by atoms with van der Waals surface area (Å²) in [5.41, 5.74) is 6.05. The lowest BCUT2D eigenvalue weighted by Crippen LogP contribution is -1.94. The Labute approximate surface area is 100 Å². The molecule has 0 bridgehead atoms. The molecule has 0 saturated heterocycles. The molecule has 0 spiro atoms. The Morgan fingerprint density at radius 1 is 1.38 bits per heavy atom. The number of hydrogen-bond donors (Lipinski definition) is 1. The molecule has 0 saturated carbocycles. The first-order valence-corrected chi connectivity index (χ1v) is 5.28. The third kappa shape index (κ3) is 2.30. The van der Waals surface area contributed by atoms with E-state index in [9.17, 15) is 4.39 Å². The van der Waals surface area contributed by atoms with Gasteiger partial charge in [-0.3, -0.25) is 4.98 Å². The lowest BCUT2D eigenvalue weighted by atomic mass is 10.3. The molecule has 0 aliphatic heterocycles. The number of ether oxygens (including phenoxy) is 1. The van der Waals surface area contributed by atoms with Crippen molar-refractivity contribution in [2.75, 3.05) is 5.73 Å². The van der Waals surface area contributed by atoms with Crippen LogP contribution in [0.4, 0.5) is 10.1 Å². The summed E-state index contributed by atoms with van der Waals surface area (Å²) in [5, 5.41) is 0. The van der Waals surface area contributed by atoms with Crippen LogP contribution in [0.15, 0.2) is 41.1 Å². The molecule has 0 amide bonds. The highest BCUT2D eigenvalue weighted by Crippen LogP contribution is 2.31. The molecule has 2 aromatic rings. The molecule has 16 heavy (non-hydrogen) atoms. The van der Waals surface area contributed by atoms with Gasteiger partial charge in [-0.25, -0.2) is 4.39 Å². The van der Waals surface area contributed by atoms with Crippen molar-refractivity contribution in [1.82, 2.24) is 4.98 Å². The third-order valence-electron chi connectivity index (χ3n) is 1.91. The lowest BCUT2D eigenvalue weighted by Gasteiger charge is -2.08. The van der Waals surface area contributed by atoms with Crippen LogP contribution in [0, 0.1) is 5.82 Å². The SMILES string of the molecule is Nc1cc(Br)c(F)cc1Oc1cccnc1. The van der Waals surface area contributed by atoms with Crippen molar-refractivity contribution >= 4 is 21.6 Å². The molecule has 0 aliphatic carbocycles. The lowest BCUT2D eigenvalue weighted by molar-refractivity contribution is 0.476. The fourth-order valence-corrected chi connectivity index (χ4v) is 1.53. The standard InChI is InChI=1S/C11H8BrFN2O/c12-8-4-10(14)11(5-9(8)13)16-7-2-1-3-15-6-7/h1-6H,14H2. The number of rotatable bonds is 2. The summed E-state index contributed by atoms with van der Waals surface area (Å²) >= 11 is 3.04. The maximum Gasteiger partial charge on any atom is 0.153 e. The Hall–Kier alpha value is -1.62. The van der Waals surface area contributed by atoms with E-state index in [-0.39, 0.29) is 5.75 Å². The van der Waals surface area contributed by atoms with Crippen molar-refractivity contribution in [3.8, 4) is 11.5 Å². The number of hydrogen-bond acceptors (Lipinski definition) is 3. The van der Waals surface area contributed by atoms with Crippen molar-refractivity contribution < 1.29 is 9.13 Å². The summed E-state index contributed by atoms with van der Waals surface area (Å²) in [6.07, 6.45) is 3.15. The molecule has 1 heterocycles. The zero-order valence-electron chi connectivity index (χ0n) is 8.15. The van der Waals surface area contributed by atoms with Crippen LogP contribution in [0.3, 0.4) is 0 Å². The van der Waals surface area contributed by atoms with E-state index >= 15 is 0 Å². The van der Waals surface area contributed by atoms with Crippen LogP contribution in [0.25, 0.3) is 0 Å². The highest BCUT2D eigenvalue weighted by Gasteiger charge is 2.07. The van der Waals surface area contributed by atoms with Crippen molar-refractivity contribution in [2.45, 2.75) is 0 Å². The van der Waals surface area contributed by atoms with E-state index in [1.165, 1.54) is 18.3 Å². The topological polar surface area (TPSA) is 48.1 Å². The van der Waals surface area contributed by atoms with Crippen LogP contribution < -0.4 is 10.5 Å². The van der Waals surface area contributed by atoms with Crippen LogP contribution in [-0.4, -0.2) is 4.98 Å². The molecule has 0 atom stereocenters. The van der Waals surface area contributed by atoms with Gasteiger partial charge in [0.1, 0.15) is 11.6 Å². The molecule has 82 valence electrons. The summed E-state index contributed by atoms with van der Waals surface area (Å²) in [7, 11) is 0. The Balaban J connectivity index is 2.32. The van der Waals surface area contributed by atoms with Gasteiger partial charge in [0.2, 0.25) is 0 Å². The molecule has 0 radical (unpaired) electrons. The molecule has 1 aromatic carbocycles. The predicted octanol–water partition coefficient (Wildman–Crippen LogP) is 3.36. The molecule has 0 fully saturated rings. The second-order valence-electron chi connectivity index (χ2n) is 3.09. The third-order valence-corrected chi connectivity index (χ3v) is 2.52. The summed E-state index contributed by atoms with van der Waals surface area (Å²) in [4.78, 5) is 3.88. The van der Waals surface area contributed by atoms with Gasteiger partial charge in [0, 0.05) is 12.3 Å². The normalized spacial score (nSPS) is 10.1. The van der Waals surface area contributed by atoms with Crippen molar-refractivity contribution in [2.24, 2.45) is 0 Å². The first-order valence-electron chi connectivity index (χ1n) is 4.49. The van der Waals surface area contributed by atoms with Crippen LogP contribution >= 0.6 is 15.9 Å². The minimum atomic E-state index is -0.423. The molecular formula is C11H8BrFN2O. The van der Waals surface area contributed by atoms with E-state index in [0.717, 1.165) is 0 Å². The van der Waals surface area contributed by atoms with Gasteiger partial charge >= 0.3 is 0 Å². The Bertz CT molecular complexity index is 505. The van der Waals surface area contributed by atoms with Gasteiger partial charge in [0.15, 0.2) is 5.75 Å². The number of aromatic nitrogens is 1. The quantitative estimate of drug-likeness (QED) is 0.860. The van der Waals surface area contributed by atoms with Crippen molar-refractivity contribution in [1.29, 1.82) is 0 Å². The van der Waals surface area contributed by atoms with E-state index < -0.39 is 5.82 Å². The number of nitrogen functional groups attached to an aromatic ring is 1. The van der Waals surface area contributed by atoms with Crippen molar-refractivity contribution in [3.05, 3.63) is 46.9 Å². The Morgan fingerprint density at radius 3 is 2.88 bits per heavy atom. The second-order valence-corrected chi connectivity index (χ2v) is 3.95. The zero-order valence-corrected chi connectivity index (χ0v) is 9.74. The average molecular weight is 283 g/mol. The maximum atomic E-state index is 13.3. The van der Waals surface area contributed by atoms with Gasteiger partial charge in [-0.2, -0.15) is 0 Å². The molecule has 3 nitrogen and oxygen atoms in total. The molecule has 0 aliphatic rings. The van der Waals surface area contributed by atoms with E-state index in [4.69, 9.17) is 10.5 Å². The first kappa shape index (κ1) is 10.9. The summed E-state index contributed by atoms with van der Waals surface area (Å²) < 4.78 is 19.0. The van der Waals surface area contributed by atoms with Gasteiger partial charge in [-0.15, -0.1) is 0 Å². The van der Waals surface area contributed by atoms with Crippen LogP contribution in [0.1, 0.15) is 0 Å². The van der Waals surface area contributed by atoms with Gasteiger partial charge in [0.05, 0.1) is 16.4 Å². The van der Waals surface area contributed by atoms with Crippen LogP contribution in [0.2, 0.25) is 0 Å². The van der Waals surface area contributed by atoms with E-state index in [0.29, 0.717) is 15.9 Å². The van der Waals surface area contributed by atoms with E-state index in [1.54, 1.807) is 18.3 Å². The average Bonchev–Trinajstić information content (AvgIpc) is 2.27. The number of nitrogens with zero attached hydrogens (tertiary/aromatic N) is 1. The van der Waals surface area contributed by atoms with Crippen LogP contribution in [0.5, 0.6) is 11.5 Å². The second kappa shape index (κ2) is 4.49. The van der Waals surface area contributed by atoms with E-state index in [2.05, 4.69) is 20.9 Å². The highest BCUT2D eigenvalue weighted by atomic mass is 79.9. The Morgan fingerprint density at radius 2 is 2.19 bits per heavy atom.